The Morgan fingerprint density at radius 2 is 2.36 bits per heavy atom. The van der Waals surface area contributed by atoms with Gasteiger partial charge in [-0.15, -0.1) is 0 Å². The lowest BCUT2D eigenvalue weighted by Gasteiger charge is -1.98. The lowest BCUT2D eigenvalue weighted by atomic mass is 10.5. The first-order chi connectivity index (χ1) is 5.00. The van der Waals surface area contributed by atoms with E-state index >= 15 is 0 Å². The lowest BCUT2D eigenvalue weighted by Crippen LogP contribution is -1.97. The van der Waals surface area contributed by atoms with Gasteiger partial charge in [-0.25, -0.2) is 14.0 Å². The Kier molecular flexibility index (Phi) is 2.15. The van der Waals surface area contributed by atoms with Gasteiger partial charge >= 0.3 is 0 Å². The SMILES string of the molecule is CS(=N)(=O)c1cc(Cl)ccn1. The quantitative estimate of drug-likeness (QED) is 0.734. The summed E-state index contributed by atoms with van der Waals surface area (Å²) in [7, 11) is -2.72. The Labute approximate surface area is 70.4 Å². The van der Waals surface area contributed by atoms with E-state index in [0.29, 0.717) is 5.02 Å². The second-order valence-corrected chi connectivity index (χ2v) is 4.70. The zero-order valence-corrected chi connectivity index (χ0v) is 7.45. The van der Waals surface area contributed by atoms with Crippen molar-refractivity contribution in [2.45, 2.75) is 5.03 Å². The normalized spacial score (nSPS) is 15.8. The molecule has 0 bridgehead atoms. The van der Waals surface area contributed by atoms with E-state index in [4.69, 9.17) is 16.4 Å². The van der Waals surface area contributed by atoms with Crippen molar-refractivity contribution in [3.05, 3.63) is 23.4 Å². The average molecular weight is 191 g/mol. The first-order valence-corrected chi connectivity index (χ1v) is 5.20. The first kappa shape index (κ1) is 8.49. The molecule has 0 saturated carbocycles. The summed E-state index contributed by atoms with van der Waals surface area (Å²) < 4.78 is 18.3. The number of nitrogens with zero attached hydrogens (tertiary/aromatic N) is 1. The van der Waals surface area contributed by atoms with Crippen LogP contribution in [0.2, 0.25) is 5.02 Å². The zero-order chi connectivity index (χ0) is 8.48. The minimum Gasteiger partial charge on any atom is -0.248 e. The maximum Gasteiger partial charge on any atom is 0.136 e. The molecule has 0 fully saturated rings. The molecule has 0 aliphatic rings. The monoisotopic (exact) mass is 190 g/mol. The van der Waals surface area contributed by atoms with Crippen LogP contribution >= 0.6 is 11.6 Å². The Morgan fingerprint density at radius 1 is 1.73 bits per heavy atom. The molecule has 0 aliphatic heterocycles. The number of hydrogen-bond acceptors (Lipinski definition) is 3. The van der Waals surface area contributed by atoms with Crippen LogP contribution in [0.3, 0.4) is 0 Å². The van der Waals surface area contributed by atoms with Crippen molar-refractivity contribution >= 4 is 21.3 Å². The van der Waals surface area contributed by atoms with E-state index in [-0.39, 0.29) is 5.03 Å². The van der Waals surface area contributed by atoms with Gasteiger partial charge in [-0.1, -0.05) is 11.6 Å². The van der Waals surface area contributed by atoms with Crippen molar-refractivity contribution in [2.24, 2.45) is 0 Å². The number of hydrogen-bond donors (Lipinski definition) is 1. The molecule has 0 saturated heterocycles. The van der Waals surface area contributed by atoms with E-state index in [1.807, 2.05) is 0 Å². The van der Waals surface area contributed by atoms with Gasteiger partial charge in [0, 0.05) is 17.5 Å². The fourth-order valence-corrected chi connectivity index (χ4v) is 1.44. The van der Waals surface area contributed by atoms with Crippen LogP contribution in [0.4, 0.5) is 0 Å². The molecule has 11 heavy (non-hydrogen) atoms. The molecule has 0 radical (unpaired) electrons. The molecule has 0 aromatic carbocycles. The minimum atomic E-state index is -2.72. The Hall–Kier alpha value is -0.610. The molecule has 1 N–H and O–H groups in total. The molecular formula is C6H7ClN2OS. The molecule has 1 aromatic rings. The summed E-state index contributed by atoms with van der Waals surface area (Å²) in [6.45, 7) is 0. The molecule has 1 aromatic heterocycles. The minimum absolute atomic E-state index is 0.227. The topological polar surface area (TPSA) is 53.8 Å². The fraction of sp³-hybridized carbons (Fsp3) is 0.167. The van der Waals surface area contributed by atoms with Gasteiger partial charge in [0.05, 0.1) is 9.73 Å². The molecule has 60 valence electrons. The predicted molar refractivity (Wildman–Crippen MR) is 44.3 cm³/mol. The van der Waals surface area contributed by atoms with Crippen LogP contribution in [0.15, 0.2) is 23.4 Å². The van der Waals surface area contributed by atoms with Crippen molar-refractivity contribution < 1.29 is 4.21 Å². The molecule has 0 aliphatic carbocycles. The largest absolute Gasteiger partial charge is 0.248 e. The summed E-state index contributed by atoms with van der Waals surface area (Å²) >= 11 is 5.60. The second kappa shape index (κ2) is 2.79. The molecule has 1 rings (SSSR count). The first-order valence-electron chi connectivity index (χ1n) is 2.85. The summed E-state index contributed by atoms with van der Waals surface area (Å²) in [5, 5.41) is 0.682. The van der Waals surface area contributed by atoms with E-state index in [9.17, 15) is 4.21 Å². The zero-order valence-electron chi connectivity index (χ0n) is 5.87. The molecule has 1 unspecified atom stereocenters. The van der Waals surface area contributed by atoms with Crippen molar-refractivity contribution in [3.63, 3.8) is 0 Å². The van der Waals surface area contributed by atoms with E-state index in [2.05, 4.69) is 4.98 Å². The molecule has 1 atom stereocenters. The predicted octanol–water partition coefficient (Wildman–Crippen LogP) is 1.77. The average Bonchev–Trinajstić information content (AvgIpc) is 1.86. The van der Waals surface area contributed by atoms with Crippen LogP contribution in [0.5, 0.6) is 0 Å². The number of nitrogens with one attached hydrogen (secondary N) is 1. The Bertz CT molecular complexity index is 361. The highest BCUT2D eigenvalue weighted by Gasteiger charge is 2.03. The van der Waals surface area contributed by atoms with Crippen LogP contribution in [-0.4, -0.2) is 15.4 Å². The highest BCUT2D eigenvalue weighted by Crippen LogP contribution is 2.12. The second-order valence-electron chi connectivity index (χ2n) is 2.16. The van der Waals surface area contributed by atoms with Gasteiger partial charge in [-0.2, -0.15) is 0 Å². The van der Waals surface area contributed by atoms with Gasteiger partial charge in [0.2, 0.25) is 0 Å². The van der Waals surface area contributed by atoms with Gasteiger partial charge in [-0.3, -0.25) is 0 Å². The molecule has 0 amide bonds. The van der Waals surface area contributed by atoms with Gasteiger partial charge < -0.3 is 0 Å². The van der Waals surface area contributed by atoms with Crippen LogP contribution in [0.25, 0.3) is 0 Å². The standard InChI is InChI=1S/C6H7ClN2OS/c1-11(8,10)6-4-5(7)2-3-9-6/h2-4,8H,1H3. The maximum absolute atomic E-state index is 11.1. The Morgan fingerprint density at radius 3 is 2.73 bits per heavy atom. The third-order valence-corrected chi connectivity index (χ3v) is 2.35. The number of halogens is 1. The van der Waals surface area contributed by atoms with Gasteiger partial charge in [-0.05, 0) is 12.1 Å². The number of rotatable bonds is 1. The molecule has 5 heteroatoms. The van der Waals surface area contributed by atoms with Gasteiger partial charge in [0.25, 0.3) is 0 Å². The third-order valence-electron chi connectivity index (χ3n) is 1.10. The summed E-state index contributed by atoms with van der Waals surface area (Å²) in [4.78, 5) is 3.76. The van der Waals surface area contributed by atoms with E-state index in [1.54, 1.807) is 6.07 Å². The van der Waals surface area contributed by atoms with Crippen molar-refractivity contribution in [2.75, 3.05) is 6.26 Å². The van der Waals surface area contributed by atoms with Gasteiger partial charge in [0.1, 0.15) is 5.03 Å². The molecule has 1 heterocycles. The molecule has 3 nitrogen and oxygen atoms in total. The highest BCUT2D eigenvalue weighted by molar-refractivity contribution is 7.91. The van der Waals surface area contributed by atoms with Crippen LogP contribution in [0, 0.1) is 4.78 Å². The van der Waals surface area contributed by atoms with E-state index in [0.717, 1.165) is 0 Å². The summed E-state index contributed by atoms with van der Waals surface area (Å²) in [6, 6.07) is 3.02. The third kappa shape index (κ3) is 2.17. The summed E-state index contributed by atoms with van der Waals surface area (Å²) in [5.74, 6) is 0. The van der Waals surface area contributed by atoms with Crippen molar-refractivity contribution in [1.82, 2.24) is 4.98 Å². The summed E-state index contributed by atoms with van der Waals surface area (Å²) in [5.41, 5.74) is 0. The smallest absolute Gasteiger partial charge is 0.136 e. The summed E-state index contributed by atoms with van der Waals surface area (Å²) in [6.07, 6.45) is 2.75. The Balaban J connectivity index is 3.28. The van der Waals surface area contributed by atoms with Crippen LogP contribution in [-0.2, 0) is 9.73 Å². The lowest BCUT2D eigenvalue weighted by molar-refractivity contribution is 0.676. The van der Waals surface area contributed by atoms with Crippen LogP contribution < -0.4 is 0 Å². The molecule has 0 spiro atoms. The van der Waals surface area contributed by atoms with E-state index < -0.39 is 9.73 Å². The van der Waals surface area contributed by atoms with E-state index in [1.165, 1.54) is 18.5 Å². The molecular weight excluding hydrogens is 184 g/mol. The van der Waals surface area contributed by atoms with Crippen LogP contribution in [0.1, 0.15) is 0 Å². The van der Waals surface area contributed by atoms with Gasteiger partial charge in [0.15, 0.2) is 0 Å². The fourth-order valence-electron chi connectivity index (χ4n) is 0.598. The highest BCUT2D eigenvalue weighted by atomic mass is 35.5. The van der Waals surface area contributed by atoms with Crippen molar-refractivity contribution in [1.29, 1.82) is 4.78 Å². The maximum atomic E-state index is 11.1. The number of pyridine rings is 1. The number of aromatic nitrogens is 1. The van der Waals surface area contributed by atoms with Crippen molar-refractivity contribution in [3.8, 4) is 0 Å².